The Morgan fingerprint density at radius 1 is 1.44 bits per heavy atom. The summed E-state index contributed by atoms with van der Waals surface area (Å²) in [6.45, 7) is 1.90. The fraction of sp³-hybridized carbons (Fsp3) is 0.571. The van der Waals surface area contributed by atoms with Crippen molar-refractivity contribution in [2.75, 3.05) is 5.33 Å². The van der Waals surface area contributed by atoms with E-state index in [1.165, 1.54) is 19.3 Å². The SMILES string of the molecule is Cc1cc(C(=O)NC2(CBr)CCCCC2)ccn1. The summed E-state index contributed by atoms with van der Waals surface area (Å²) in [4.78, 5) is 16.4. The van der Waals surface area contributed by atoms with Gasteiger partial charge in [0.1, 0.15) is 0 Å². The van der Waals surface area contributed by atoms with E-state index in [0.29, 0.717) is 5.56 Å². The molecule has 1 saturated carbocycles. The molecule has 0 aromatic carbocycles. The number of rotatable bonds is 3. The van der Waals surface area contributed by atoms with Crippen LogP contribution in [-0.2, 0) is 0 Å². The van der Waals surface area contributed by atoms with E-state index in [2.05, 4.69) is 26.2 Å². The minimum atomic E-state index is -0.0630. The van der Waals surface area contributed by atoms with Gasteiger partial charge in [-0.25, -0.2) is 0 Å². The van der Waals surface area contributed by atoms with Gasteiger partial charge in [0.25, 0.3) is 5.91 Å². The van der Waals surface area contributed by atoms with Crippen LogP contribution in [0.4, 0.5) is 0 Å². The largest absolute Gasteiger partial charge is 0.346 e. The Kier molecular flexibility index (Phi) is 4.38. The van der Waals surface area contributed by atoms with Gasteiger partial charge < -0.3 is 5.32 Å². The smallest absolute Gasteiger partial charge is 0.251 e. The van der Waals surface area contributed by atoms with Gasteiger partial charge in [0.15, 0.2) is 0 Å². The molecule has 0 bridgehead atoms. The maximum atomic E-state index is 12.3. The zero-order valence-corrected chi connectivity index (χ0v) is 12.3. The zero-order chi connectivity index (χ0) is 13.0. The molecule has 0 radical (unpaired) electrons. The quantitative estimate of drug-likeness (QED) is 0.871. The van der Waals surface area contributed by atoms with E-state index in [1.54, 1.807) is 12.3 Å². The predicted octanol–water partition coefficient (Wildman–Crippen LogP) is 3.22. The lowest BCUT2D eigenvalue weighted by molar-refractivity contribution is 0.0886. The number of aryl methyl sites for hydroxylation is 1. The van der Waals surface area contributed by atoms with Gasteiger partial charge in [0, 0.05) is 22.8 Å². The highest BCUT2D eigenvalue weighted by Gasteiger charge is 2.32. The van der Waals surface area contributed by atoms with E-state index < -0.39 is 0 Å². The number of aromatic nitrogens is 1. The van der Waals surface area contributed by atoms with E-state index >= 15 is 0 Å². The van der Waals surface area contributed by atoms with Crippen molar-refractivity contribution < 1.29 is 4.79 Å². The third-order valence-corrected chi connectivity index (χ3v) is 4.68. The topological polar surface area (TPSA) is 42.0 Å². The molecule has 0 unspecified atom stereocenters. The van der Waals surface area contributed by atoms with Crippen LogP contribution in [0, 0.1) is 6.92 Å². The average molecular weight is 311 g/mol. The number of amides is 1. The number of nitrogens with zero attached hydrogens (tertiary/aromatic N) is 1. The molecular weight excluding hydrogens is 292 g/mol. The minimum absolute atomic E-state index is 0.0156. The summed E-state index contributed by atoms with van der Waals surface area (Å²) in [5, 5.41) is 4.04. The second-order valence-electron chi connectivity index (χ2n) is 5.11. The lowest BCUT2D eigenvalue weighted by Crippen LogP contribution is -2.51. The number of halogens is 1. The first kappa shape index (κ1) is 13.5. The molecule has 1 aliphatic carbocycles. The van der Waals surface area contributed by atoms with Crippen LogP contribution in [-0.4, -0.2) is 21.8 Å². The fourth-order valence-corrected chi connectivity index (χ4v) is 3.22. The second kappa shape index (κ2) is 5.83. The molecule has 0 aliphatic heterocycles. The van der Waals surface area contributed by atoms with E-state index in [9.17, 15) is 4.79 Å². The van der Waals surface area contributed by atoms with Crippen LogP contribution < -0.4 is 5.32 Å². The highest BCUT2D eigenvalue weighted by atomic mass is 79.9. The van der Waals surface area contributed by atoms with Crippen LogP contribution in [0.1, 0.15) is 48.2 Å². The zero-order valence-electron chi connectivity index (χ0n) is 10.7. The summed E-state index contributed by atoms with van der Waals surface area (Å²) < 4.78 is 0. The molecule has 1 N–H and O–H groups in total. The molecule has 3 nitrogen and oxygen atoms in total. The molecule has 1 amide bonds. The molecule has 0 atom stereocenters. The van der Waals surface area contributed by atoms with Gasteiger partial charge in [0.2, 0.25) is 0 Å². The number of hydrogen-bond donors (Lipinski definition) is 1. The minimum Gasteiger partial charge on any atom is -0.346 e. The summed E-state index contributed by atoms with van der Waals surface area (Å²) in [5.74, 6) is 0.0156. The Balaban J connectivity index is 2.10. The molecule has 0 spiro atoms. The first-order valence-corrected chi connectivity index (χ1v) is 7.58. The maximum Gasteiger partial charge on any atom is 0.251 e. The van der Waals surface area contributed by atoms with Gasteiger partial charge in [-0.3, -0.25) is 9.78 Å². The van der Waals surface area contributed by atoms with Crippen LogP contribution in [0.2, 0.25) is 0 Å². The number of pyridine rings is 1. The third kappa shape index (κ3) is 3.10. The molecule has 1 fully saturated rings. The molecule has 1 aromatic rings. The highest BCUT2D eigenvalue weighted by molar-refractivity contribution is 9.09. The summed E-state index contributed by atoms with van der Waals surface area (Å²) in [6, 6.07) is 3.60. The van der Waals surface area contributed by atoms with Gasteiger partial charge in [-0.05, 0) is 31.9 Å². The van der Waals surface area contributed by atoms with Crippen LogP contribution >= 0.6 is 15.9 Å². The van der Waals surface area contributed by atoms with Crippen molar-refractivity contribution in [3.63, 3.8) is 0 Å². The summed E-state index contributed by atoms with van der Waals surface area (Å²) in [5.41, 5.74) is 1.51. The Morgan fingerprint density at radius 2 is 2.17 bits per heavy atom. The van der Waals surface area contributed by atoms with Crippen molar-refractivity contribution in [2.45, 2.75) is 44.6 Å². The van der Waals surface area contributed by atoms with E-state index in [1.807, 2.05) is 13.0 Å². The van der Waals surface area contributed by atoms with Crippen LogP contribution in [0.25, 0.3) is 0 Å². The summed E-state index contributed by atoms with van der Waals surface area (Å²) >= 11 is 3.56. The number of alkyl halides is 1. The van der Waals surface area contributed by atoms with Crippen molar-refractivity contribution in [1.29, 1.82) is 0 Å². The molecule has 1 heterocycles. The lowest BCUT2D eigenvalue weighted by Gasteiger charge is -2.36. The first-order valence-electron chi connectivity index (χ1n) is 6.46. The van der Waals surface area contributed by atoms with E-state index in [0.717, 1.165) is 23.9 Å². The van der Waals surface area contributed by atoms with Gasteiger partial charge >= 0.3 is 0 Å². The lowest BCUT2D eigenvalue weighted by atomic mass is 9.83. The molecule has 1 aromatic heterocycles. The van der Waals surface area contributed by atoms with E-state index in [-0.39, 0.29) is 11.4 Å². The molecule has 98 valence electrons. The Morgan fingerprint density at radius 3 is 2.78 bits per heavy atom. The number of carbonyl (C=O) groups is 1. The van der Waals surface area contributed by atoms with Gasteiger partial charge in [-0.2, -0.15) is 0 Å². The summed E-state index contributed by atoms with van der Waals surface area (Å²) in [7, 11) is 0. The monoisotopic (exact) mass is 310 g/mol. The van der Waals surface area contributed by atoms with Crippen molar-refractivity contribution >= 4 is 21.8 Å². The fourth-order valence-electron chi connectivity index (χ4n) is 2.52. The average Bonchev–Trinajstić information content (AvgIpc) is 2.40. The number of carbonyl (C=O) groups excluding carboxylic acids is 1. The van der Waals surface area contributed by atoms with Crippen molar-refractivity contribution in [1.82, 2.24) is 10.3 Å². The maximum absolute atomic E-state index is 12.3. The predicted molar refractivity (Wildman–Crippen MR) is 76.1 cm³/mol. The third-order valence-electron chi connectivity index (χ3n) is 3.60. The molecule has 4 heteroatoms. The van der Waals surface area contributed by atoms with Crippen LogP contribution in [0.15, 0.2) is 18.3 Å². The van der Waals surface area contributed by atoms with Crippen LogP contribution in [0.3, 0.4) is 0 Å². The first-order chi connectivity index (χ1) is 8.65. The number of hydrogen-bond acceptors (Lipinski definition) is 2. The Hall–Kier alpha value is -0.900. The van der Waals surface area contributed by atoms with Crippen molar-refractivity contribution in [2.24, 2.45) is 0 Å². The molecule has 18 heavy (non-hydrogen) atoms. The van der Waals surface area contributed by atoms with Gasteiger partial charge in [0.05, 0.1) is 5.54 Å². The van der Waals surface area contributed by atoms with Gasteiger partial charge in [-0.15, -0.1) is 0 Å². The molecular formula is C14H19BrN2O. The molecule has 0 saturated heterocycles. The van der Waals surface area contributed by atoms with Gasteiger partial charge in [-0.1, -0.05) is 35.2 Å². The molecule has 1 aliphatic rings. The number of nitrogens with one attached hydrogen (secondary N) is 1. The highest BCUT2D eigenvalue weighted by Crippen LogP contribution is 2.30. The van der Waals surface area contributed by atoms with Crippen LogP contribution in [0.5, 0.6) is 0 Å². The van der Waals surface area contributed by atoms with Crippen molar-refractivity contribution in [3.05, 3.63) is 29.6 Å². The Labute approximate surface area is 117 Å². The second-order valence-corrected chi connectivity index (χ2v) is 5.68. The molecule has 2 rings (SSSR count). The summed E-state index contributed by atoms with van der Waals surface area (Å²) in [6.07, 6.45) is 7.48. The van der Waals surface area contributed by atoms with E-state index in [4.69, 9.17) is 0 Å². The Bertz CT molecular complexity index is 428. The van der Waals surface area contributed by atoms with Crippen molar-refractivity contribution in [3.8, 4) is 0 Å². The standard InChI is InChI=1S/C14H19BrN2O/c1-11-9-12(5-8-16-11)13(18)17-14(10-15)6-3-2-4-7-14/h5,8-9H,2-4,6-7,10H2,1H3,(H,17,18). The normalized spacial score (nSPS) is 18.3.